The van der Waals surface area contributed by atoms with Gasteiger partial charge in [-0.1, -0.05) is 50.2 Å². The first-order valence-corrected chi connectivity index (χ1v) is 8.49. The van der Waals surface area contributed by atoms with Crippen molar-refractivity contribution in [2.45, 2.75) is 19.3 Å². The zero-order chi connectivity index (χ0) is 16.0. The van der Waals surface area contributed by atoms with Gasteiger partial charge in [-0.05, 0) is 35.4 Å². The lowest BCUT2D eigenvalue weighted by atomic mass is 9.74. The lowest BCUT2D eigenvalue weighted by Crippen LogP contribution is -2.30. The van der Waals surface area contributed by atoms with E-state index in [4.69, 9.17) is 0 Å². The second-order valence-electron chi connectivity index (χ2n) is 6.29. The lowest BCUT2D eigenvalue weighted by molar-refractivity contribution is 0.112. The molecule has 3 heteroatoms. The molecule has 0 amide bonds. The molecule has 4 rings (SSSR count). The Morgan fingerprint density at radius 3 is 1.96 bits per heavy atom. The van der Waals surface area contributed by atoms with Crippen molar-refractivity contribution < 1.29 is 4.79 Å². The summed E-state index contributed by atoms with van der Waals surface area (Å²) < 4.78 is 0. The van der Waals surface area contributed by atoms with E-state index in [0.29, 0.717) is 0 Å². The van der Waals surface area contributed by atoms with E-state index in [0.717, 1.165) is 16.2 Å². The molecule has 2 nitrogen and oxygen atoms in total. The van der Waals surface area contributed by atoms with E-state index >= 15 is 0 Å². The van der Waals surface area contributed by atoms with Crippen LogP contribution in [0.3, 0.4) is 0 Å². The van der Waals surface area contributed by atoms with E-state index < -0.39 is 0 Å². The number of benzene rings is 2. The summed E-state index contributed by atoms with van der Waals surface area (Å²) in [7, 11) is 0. The molecule has 114 valence electrons. The predicted molar refractivity (Wildman–Crippen MR) is 96.5 cm³/mol. The van der Waals surface area contributed by atoms with Crippen LogP contribution in [0.25, 0.3) is 0 Å². The van der Waals surface area contributed by atoms with Crippen molar-refractivity contribution in [2.24, 2.45) is 0 Å². The topological polar surface area (TPSA) is 20.3 Å². The molecule has 0 radical (unpaired) electrons. The normalized spacial score (nSPS) is 15.0. The maximum atomic E-state index is 11.1. The van der Waals surface area contributed by atoms with Crippen LogP contribution in [0.1, 0.15) is 34.6 Å². The van der Waals surface area contributed by atoms with Gasteiger partial charge in [-0.15, -0.1) is 11.3 Å². The van der Waals surface area contributed by atoms with Crippen molar-refractivity contribution in [1.29, 1.82) is 0 Å². The maximum Gasteiger partial charge on any atom is 0.160 e. The minimum Gasteiger partial charge on any atom is -0.301 e. The predicted octanol–water partition coefficient (Wildman–Crippen LogP) is 5.67. The summed E-state index contributed by atoms with van der Waals surface area (Å²) in [5, 5.41) is 1.07. The van der Waals surface area contributed by atoms with Gasteiger partial charge < -0.3 is 4.90 Å². The average molecular weight is 319 g/mol. The largest absolute Gasteiger partial charge is 0.301 e. The zero-order valence-electron chi connectivity index (χ0n) is 13.1. The quantitative estimate of drug-likeness (QED) is 0.567. The van der Waals surface area contributed by atoms with Crippen LogP contribution in [-0.2, 0) is 5.41 Å². The zero-order valence-corrected chi connectivity index (χ0v) is 13.9. The molecular formula is C20H17NOS. The molecule has 1 aromatic heterocycles. The number of hydrogen-bond donors (Lipinski definition) is 0. The van der Waals surface area contributed by atoms with Gasteiger partial charge in [-0.2, -0.15) is 0 Å². The SMILES string of the molecule is CC1(C)c2ccccc2N(c2ccc(C=O)s2)c2ccccc21. The number of anilines is 3. The van der Waals surface area contributed by atoms with Gasteiger partial charge in [0.2, 0.25) is 0 Å². The Hall–Kier alpha value is -2.39. The van der Waals surface area contributed by atoms with Crippen LogP contribution in [0.2, 0.25) is 0 Å². The van der Waals surface area contributed by atoms with Crippen LogP contribution in [0, 0.1) is 0 Å². The number of thiophene rings is 1. The van der Waals surface area contributed by atoms with Gasteiger partial charge in [0.15, 0.2) is 6.29 Å². The molecule has 0 bridgehead atoms. The van der Waals surface area contributed by atoms with Gasteiger partial charge in [-0.25, -0.2) is 0 Å². The van der Waals surface area contributed by atoms with Crippen molar-refractivity contribution in [1.82, 2.24) is 0 Å². The van der Waals surface area contributed by atoms with Gasteiger partial charge in [0, 0.05) is 5.41 Å². The fourth-order valence-electron chi connectivity index (χ4n) is 3.43. The van der Waals surface area contributed by atoms with E-state index in [1.165, 1.54) is 33.8 Å². The van der Waals surface area contributed by atoms with Crippen LogP contribution in [0.4, 0.5) is 16.4 Å². The molecule has 3 aromatic rings. The third-order valence-electron chi connectivity index (χ3n) is 4.59. The number of hydrogen-bond acceptors (Lipinski definition) is 3. The fourth-order valence-corrected chi connectivity index (χ4v) is 4.28. The smallest absolute Gasteiger partial charge is 0.160 e. The molecule has 1 aliphatic heterocycles. The number of fused-ring (bicyclic) bond motifs is 2. The molecule has 2 aromatic carbocycles. The van der Waals surface area contributed by atoms with Crippen molar-refractivity contribution in [3.63, 3.8) is 0 Å². The summed E-state index contributed by atoms with van der Waals surface area (Å²) in [6, 6.07) is 21.0. The Bertz CT molecular complexity index is 844. The molecule has 0 saturated carbocycles. The molecule has 0 aliphatic carbocycles. The Balaban J connectivity index is 2.02. The minimum atomic E-state index is -0.0472. The summed E-state index contributed by atoms with van der Waals surface area (Å²) in [6.45, 7) is 4.54. The van der Waals surface area contributed by atoms with Gasteiger partial charge in [0.05, 0.1) is 16.3 Å². The van der Waals surface area contributed by atoms with Crippen molar-refractivity contribution >= 4 is 34.0 Å². The first-order chi connectivity index (χ1) is 11.1. The highest BCUT2D eigenvalue weighted by molar-refractivity contribution is 7.17. The first-order valence-electron chi connectivity index (χ1n) is 7.67. The van der Waals surface area contributed by atoms with Crippen molar-refractivity contribution in [3.05, 3.63) is 76.7 Å². The summed E-state index contributed by atoms with van der Waals surface area (Å²) in [6.07, 6.45) is 0.917. The molecular weight excluding hydrogens is 302 g/mol. The number of aldehydes is 1. The van der Waals surface area contributed by atoms with E-state index in [1.807, 2.05) is 12.1 Å². The van der Waals surface area contributed by atoms with Gasteiger partial charge in [0.1, 0.15) is 5.00 Å². The number of rotatable bonds is 2. The third-order valence-corrected chi connectivity index (χ3v) is 5.58. The highest BCUT2D eigenvalue weighted by atomic mass is 32.1. The van der Waals surface area contributed by atoms with E-state index in [-0.39, 0.29) is 5.41 Å². The van der Waals surface area contributed by atoms with Crippen LogP contribution >= 0.6 is 11.3 Å². The van der Waals surface area contributed by atoms with Crippen molar-refractivity contribution in [2.75, 3.05) is 4.90 Å². The maximum absolute atomic E-state index is 11.1. The van der Waals surface area contributed by atoms with E-state index in [1.54, 1.807) is 0 Å². The van der Waals surface area contributed by atoms with Gasteiger partial charge >= 0.3 is 0 Å². The summed E-state index contributed by atoms with van der Waals surface area (Å²) in [5.74, 6) is 0. The molecule has 0 unspecified atom stereocenters. The molecule has 2 heterocycles. The first kappa shape index (κ1) is 14.2. The molecule has 0 N–H and O–H groups in total. The number of nitrogens with zero attached hydrogens (tertiary/aromatic N) is 1. The summed E-state index contributed by atoms with van der Waals surface area (Å²) in [5.41, 5.74) is 4.94. The van der Waals surface area contributed by atoms with Gasteiger partial charge in [-0.3, -0.25) is 4.79 Å². The summed E-state index contributed by atoms with van der Waals surface area (Å²) in [4.78, 5) is 14.1. The Labute approximate surface area is 140 Å². The van der Waals surface area contributed by atoms with E-state index in [2.05, 4.69) is 67.3 Å². The number of para-hydroxylation sites is 2. The molecule has 0 saturated heterocycles. The minimum absolute atomic E-state index is 0.0472. The second kappa shape index (κ2) is 5.07. The van der Waals surface area contributed by atoms with Gasteiger partial charge in [0.25, 0.3) is 0 Å². The van der Waals surface area contributed by atoms with E-state index in [9.17, 15) is 4.79 Å². The average Bonchev–Trinajstić information content (AvgIpc) is 3.04. The number of carbonyl (C=O) groups is 1. The molecule has 0 spiro atoms. The standard InChI is InChI=1S/C20H17NOS/c1-20(2)15-7-3-5-9-17(15)21(18-10-6-4-8-16(18)20)19-12-11-14(13-22)23-19/h3-13H,1-2H3. The van der Waals surface area contributed by atoms with Crippen LogP contribution < -0.4 is 4.90 Å². The molecule has 0 atom stereocenters. The Morgan fingerprint density at radius 1 is 0.870 bits per heavy atom. The van der Waals surface area contributed by atoms with Crippen LogP contribution in [-0.4, -0.2) is 6.29 Å². The molecule has 1 aliphatic rings. The van der Waals surface area contributed by atoms with Crippen LogP contribution in [0.5, 0.6) is 0 Å². The van der Waals surface area contributed by atoms with Crippen molar-refractivity contribution in [3.8, 4) is 0 Å². The lowest BCUT2D eigenvalue weighted by Gasteiger charge is -2.41. The van der Waals surface area contributed by atoms with Crippen LogP contribution in [0.15, 0.2) is 60.7 Å². The molecule has 23 heavy (non-hydrogen) atoms. The monoisotopic (exact) mass is 319 g/mol. The fraction of sp³-hybridized carbons (Fsp3) is 0.150. The summed E-state index contributed by atoms with van der Waals surface area (Å²) >= 11 is 1.52. The second-order valence-corrected chi connectivity index (χ2v) is 7.38. The molecule has 0 fully saturated rings. The highest BCUT2D eigenvalue weighted by Gasteiger charge is 2.36. The Kier molecular flexibility index (Phi) is 3.13. The third kappa shape index (κ3) is 2.04. The highest BCUT2D eigenvalue weighted by Crippen LogP contribution is 2.52. The number of carbonyl (C=O) groups excluding carboxylic acids is 1. The Morgan fingerprint density at radius 2 is 1.43 bits per heavy atom.